The Morgan fingerprint density at radius 1 is 1.40 bits per heavy atom. The minimum Gasteiger partial charge on any atom is -0.474 e. The molecule has 2 heteroatoms. The minimum absolute atomic E-state index is 0.504. The van der Waals surface area contributed by atoms with Gasteiger partial charge in [-0.2, -0.15) is 5.26 Å². The molecule has 1 rings (SSSR count). The zero-order chi connectivity index (χ0) is 11.5. The number of hydrogen-bond donors (Lipinski definition) is 0. The first-order chi connectivity index (χ1) is 6.98. The van der Waals surface area contributed by atoms with Gasteiger partial charge in [0.2, 0.25) is 0 Å². The first-order valence-corrected chi connectivity index (χ1v) is 4.66. The summed E-state index contributed by atoms with van der Waals surface area (Å²) in [6, 6.07) is 7.50. The van der Waals surface area contributed by atoms with Crippen molar-refractivity contribution in [2.24, 2.45) is 0 Å². The topological polar surface area (TPSA) is 33.0 Å². The van der Waals surface area contributed by atoms with Crippen molar-refractivity contribution >= 4 is 0 Å². The molecule has 0 aromatic heterocycles. The Labute approximate surface area is 90.5 Å². The lowest BCUT2D eigenvalue weighted by molar-refractivity contribution is 0.172. The molecule has 15 heavy (non-hydrogen) atoms. The predicted molar refractivity (Wildman–Crippen MR) is 59.4 cm³/mol. The molecule has 1 aromatic rings. The van der Waals surface area contributed by atoms with Crippen LogP contribution in [-0.4, -0.2) is 5.60 Å². The van der Waals surface area contributed by atoms with E-state index >= 15 is 0 Å². The number of benzene rings is 1. The average Bonchev–Trinajstić information content (AvgIpc) is 2.18. The number of ether oxygens (including phenoxy) is 1. The van der Waals surface area contributed by atoms with Gasteiger partial charge in [-0.3, -0.25) is 0 Å². The van der Waals surface area contributed by atoms with Gasteiger partial charge in [0.1, 0.15) is 11.8 Å². The fraction of sp³-hybridized carbons (Fsp3) is 0.308. The van der Waals surface area contributed by atoms with Gasteiger partial charge in [0, 0.05) is 0 Å². The lowest BCUT2D eigenvalue weighted by atomic mass is 10.1. The largest absolute Gasteiger partial charge is 0.474 e. The molecule has 0 aliphatic carbocycles. The van der Waals surface area contributed by atoms with Crippen LogP contribution in [-0.2, 0) is 0 Å². The summed E-state index contributed by atoms with van der Waals surface area (Å²) in [6.45, 7) is 5.52. The summed E-state index contributed by atoms with van der Waals surface area (Å²) >= 11 is 0. The molecular weight excluding hydrogens is 186 g/mol. The first kappa shape index (κ1) is 11.1. The smallest absolute Gasteiger partial charge is 0.163 e. The van der Waals surface area contributed by atoms with Crippen molar-refractivity contribution in [3.63, 3.8) is 0 Å². The normalized spacial score (nSPS) is 10.2. The highest BCUT2D eigenvalue weighted by atomic mass is 16.5. The third-order valence-corrected chi connectivity index (χ3v) is 1.97. The minimum atomic E-state index is -0.695. The Hall–Kier alpha value is -1.93. The number of rotatable bonds is 2. The summed E-state index contributed by atoms with van der Waals surface area (Å²) in [4.78, 5) is 0. The van der Waals surface area contributed by atoms with Gasteiger partial charge in [0.15, 0.2) is 5.60 Å². The van der Waals surface area contributed by atoms with Gasteiger partial charge in [-0.15, -0.1) is 6.42 Å². The quantitative estimate of drug-likeness (QED) is 0.686. The average molecular weight is 199 g/mol. The molecule has 2 nitrogen and oxygen atoms in total. The highest BCUT2D eigenvalue weighted by Gasteiger charge is 2.17. The van der Waals surface area contributed by atoms with Crippen LogP contribution in [0.1, 0.15) is 25.0 Å². The Morgan fingerprint density at radius 3 is 2.60 bits per heavy atom. The van der Waals surface area contributed by atoms with Gasteiger partial charge in [0.05, 0.1) is 5.56 Å². The van der Waals surface area contributed by atoms with Crippen LogP contribution < -0.4 is 4.74 Å². The molecule has 76 valence electrons. The second-order valence-electron chi connectivity index (χ2n) is 3.87. The van der Waals surface area contributed by atoms with Crippen LogP contribution in [0.4, 0.5) is 0 Å². The van der Waals surface area contributed by atoms with Crippen molar-refractivity contribution < 1.29 is 4.74 Å². The monoisotopic (exact) mass is 199 g/mol. The number of aryl methyl sites for hydroxylation is 1. The van der Waals surface area contributed by atoms with Crippen LogP contribution in [0.3, 0.4) is 0 Å². The van der Waals surface area contributed by atoms with Gasteiger partial charge in [-0.05, 0) is 38.5 Å². The third-order valence-electron chi connectivity index (χ3n) is 1.97. The summed E-state index contributed by atoms with van der Waals surface area (Å²) in [5.74, 6) is 3.07. The lowest BCUT2D eigenvalue weighted by Gasteiger charge is -2.21. The van der Waals surface area contributed by atoms with Crippen LogP contribution in [0.25, 0.3) is 0 Å². The zero-order valence-electron chi connectivity index (χ0n) is 9.16. The van der Waals surface area contributed by atoms with Crippen molar-refractivity contribution in [1.29, 1.82) is 5.26 Å². The van der Waals surface area contributed by atoms with Gasteiger partial charge in [0.25, 0.3) is 0 Å². The lowest BCUT2D eigenvalue weighted by Crippen LogP contribution is -2.25. The molecule has 1 aromatic carbocycles. The van der Waals surface area contributed by atoms with E-state index in [1.165, 1.54) is 0 Å². The van der Waals surface area contributed by atoms with E-state index in [4.69, 9.17) is 16.4 Å². The van der Waals surface area contributed by atoms with Crippen molar-refractivity contribution in [1.82, 2.24) is 0 Å². The number of terminal acetylenes is 1. The van der Waals surface area contributed by atoms with E-state index in [-0.39, 0.29) is 0 Å². The van der Waals surface area contributed by atoms with E-state index in [2.05, 4.69) is 12.0 Å². The maximum absolute atomic E-state index is 8.90. The van der Waals surface area contributed by atoms with E-state index in [1.807, 2.05) is 19.1 Å². The van der Waals surface area contributed by atoms with Crippen molar-refractivity contribution in [2.45, 2.75) is 26.4 Å². The molecule has 0 aliphatic heterocycles. The Kier molecular flexibility index (Phi) is 3.02. The van der Waals surface area contributed by atoms with Gasteiger partial charge in [-0.1, -0.05) is 12.0 Å². The molecule has 0 N–H and O–H groups in total. The molecular formula is C13H13NO. The van der Waals surface area contributed by atoms with Crippen LogP contribution in [0.15, 0.2) is 18.2 Å². The van der Waals surface area contributed by atoms with E-state index in [0.717, 1.165) is 5.56 Å². The molecule has 0 saturated carbocycles. The molecule has 0 bridgehead atoms. The van der Waals surface area contributed by atoms with Crippen LogP contribution in [0.5, 0.6) is 5.75 Å². The van der Waals surface area contributed by atoms with Crippen LogP contribution in [0, 0.1) is 30.6 Å². The fourth-order valence-corrected chi connectivity index (χ4v) is 1.11. The number of nitrogens with zero attached hydrogens (tertiary/aromatic N) is 1. The van der Waals surface area contributed by atoms with Crippen molar-refractivity contribution in [3.05, 3.63) is 29.3 Å². The number of nitriles is 1. The molecule has 0 fully saturated rings. The maximum atomic E-state index is 8.90. The van der Waals surface area contributed by atoms with E-state index in [0.29, 0.717) is 11.3 Å². The number of hydrogen-bond acceptors (Lipinski definition) is 2. The molecule has 0 saturated heterocycles. The zero-order valence-corrected chi connectivity index (χ0v) is 9.16. The Bertz CT molecular complexity index is 447. The van der Waals surface area contributed by atoms with Gasteiger partial charge >= 0.3 is 0 Å². The highest BCUT2D eigenvalue weighted by molar-refractivity contribution is 5.45. The van der Waals surface area contributed by atoms with Crippen molar-refractivity contribution in [3.8, 4) is 24.2 Å². The summed E-state index contributed by atoms with van der Waals surface area (Å²) in [5, 5.41) is 8.90. The summed E-state index contributed by atoms with van der Waals surface area (Å²) < 4.78 is 5.60. The van der Waals surface area contributed by atoms with Gasteiger partial charge in [-0.25, -0.2) is 0 Å². The standard InChI is InChI=1S/C13H13NO/c1-5-13(3,4)15-12-8-10(2)6-7-11(12)9-14/h1,6-8H,2-4H3. The first-order valence-electron chi connectivity index (χ1n) is 4.66. The van der Waals surface area contributed by atoms with Crippen molar-refractivity contribution in [2.75, 3.05) is 0 Å². The molecule has 0 atom stereocenters. The van der Waals surface area contributed by atoms with Crippen LogP contribution in [0.2, 0.25) is 0 Å². The molecule has 0 heterocycles. The van der Waals surface area contributed by atoms with E-state index < -0.39 is 5.60 Å². The molecule has 0 amide bonds. The molecule has 0 aliphatic rings. The van der Waals surface area contributed by atoms with E-state index in [9.17, 15) is 0 Å². The molecule has 0 spiro atoms. The highest BCUT2D eigenvalue weighted by Crippen LogP contribution is 2.23. The Morgan fingerprint density at radius 2 is 2.07 bits per heavy atom. The fourth-order valence-electron chi connectivity index (χ4n) is 1.11. The third kappa shape index (κ3) is 2.76. The summed E-state index contributed by atoms with van der Waals surface area (Å²) in [5.41, 5.74) is 0.847. The van der Waals surface area contributed by atoms with E-state index in [1.54, 1.807) is 19.9 Å². The predicted octanol–water partition coefficient (Wildman–Crippen LogP) is 2.66. The summed E-state index contributed by atoms with van der Waals surface area (Å²) in [6.07, 6.45) is 5.33. The summed E-state index contributed by atoms with van der Waals surface area (Å²) in [7, 11) is 0. The maximum Gasteiger partial charge on any atom is 0.163 e. The van der Waals surface area contributed by atoms with Crippen LogP contribution >= 0.6 is 0 Å². The van der Waals surface area contributed by atoms with Gasteiger partial charge < -0.3 is 4.74 Å². The Balaban J connectivity index is 3.10. The second kappa shape index (κ2) is 4.07. The second-order valence-corrected chi connectivity index (χ2v) is 3.87. The molecule has 0 radical (unpaired) electrons. The SMILES string of the molecule is C#CC(C)(C)Oc1cc(C)ccc1C#N. The molecule has 0 unspecified atom stereocenters.